The van der Waals surface area contributed by atoms with Gasteiger partial charge in [-0.1, -0.05) is 0 Å². The lowest BCUT2D eigenvalue weighted by Crippen LogP contribution is -2.41. The Morgan fingerprint density at radius 2 is 2.40 bits per heavy atom. The molecule has 2 atom stereocenters. The quantitative estimate of drug-likeness (QED) is 0.922. The minimum atomic E-state index is -1.20. The summed E-state index contributed by atoms with van der Waals surface area (Å²) in [4.78, 5) is 0. The van der Waals surface area contributed by atoms with Crippen molar-refractivity contribution in [3.05, 3.63) is 22.6 Å². The first kappa shape index (κ1) is 11.1. The third-order valence-corrected chi connectivity index (χ3v) is 2.85. The molecule has 84 valence electrons. The highest BCUT2D eigenvalue weighted by Crippen LogP contribution is 2.17. The Bertz CT molecular complexity index is 318. The van der Waals surface area contributed by atoms with Crippen LogP contribution in [0.2, 0.25) is 0 Å². The summed E-state index contributed by atoms with van der Waals surface area (Å²) < 4.78 is 24.1. The highest BCUT2D eigenvalue weighted by Gasteiger charge is 2.24. The van der Waals surface area contributed by atoms with E-state index in [1.807, 2.05) is 12.1 Å². The van der Waals surface area contributed by atoms with Gasteiger partial charge in [-0.3, -0.25) is 0 Å². The maximum absolute atomic E-state index is 13.2. The number of hydrogen-bond donors (Lipinski definition) is 1. The fourth-order valence-electron chi connectivity index (χ4n) is 1.62. The van der Waals surface area contributed by atoms with Crippen molar-refractivity contribution in [2.45, 2.75) is 31.8 Å². The molecule has 2 rings (SSSR count). The molecule has 1 saturated heterocycles. The number of ether oxygens (including phenoxy) is 1. The van der Waals surface area contributed by atoms with Gasteiger partial charge in [0.25, 0.3) is 0 Å². The Hall–Kier alpha value is -0.390. The predicted molar refractivity (Wildman–Crippen MR) is 57.1 cm³/mol. The zero-order valence-corrected chi connectivity index (χ0v) is 9.80. The van der Waals surface area contributed by atoms with Gasteiger partial charge in [-0.05, 0) is 40.9 Å². The molecule has 1 aliphatic heterocycles. The topological polar surface area (TPSA) is 34.4 Å². The Kier molecular flexibility index (Phi) is 3.77. The van der Waals surface area contributed by atoms with Crippen LogP contribution in [0.15, 0.2) is 21.2 Å². The SMILES string of the molecule is FC1OCCCC1NCc1ccc(Br)o1. The molecule has 0 radical (unpaired) electrons. The second kappa shape index (κ2) is 5.09. The Morgan fingerprint density at radius 3 is 3.07 bits per heavy atom. The van der Waals surface area contributed by atoms with Crippen LogP contribution in [0.5, 0.6) is 0 Å². The fraction of sp³-hybridized carbons (Fsp3) is 0.600. The Morgan fingerprint density at radius 1 is 1.53 bits per heavy atom. The summed E-state index contributed by atoms with van der Waals surface area (Å²) in [5, 5.41) is 3.09. The zero-order chi connectivity index (χ0) is 10.7. The molecule has 1 aromatic rings. The molecule has 2 heterocycles. The third-order valence-electron chi connectivity index (χ3n) is 2.42. The van der Waals surface area contributed by atoms with Gasteiger partial charge in [0.15, 0.2) is 4.67 Å². The highest BCUT2D eigenvalue weighted by molar-refractivity contribution is 9.10. The second-order valence-corrected chi connectivity index (χ2v) is 4.34. The van der Waals surface area contributed by atoms with Gasteiger partial charge < -0.3 is 14.5 Å². The number of rotatable bonds is 3. The predicted octanol–water partition coefficient (Wildman–Crippen LogP) is 2.61. The fourth-order valence-corrected chi connectivity index (χ4v) is 1.96. The van der Waals surface area contributed by atoms with Crippen molar-refractivity contribution >= 4 is 15.9 Å². The molecule has 1 aromatic heterocycles. The summed E-state index contributed by atoms with van der Waals surface area (Å²) in [6.45, 7) is 1.05. The van der Waals surface area contributed by atoms with Gasteiger partial charge in [0.2, 0.25) is 6.36 Å². The lowest BCUT2D eigenvalue weighted by Gasteiger charge is -2.26. The van der Waals surface area contributed by atoms with E-state index in [-0.39, 0.29) is 6.04 Å². The lowest BCUT2D eigenvalue weighted by atomic mass is 10.1. The molecule has 3 nitrogen and oxygen atoms in total. The van der Waals surface area contributed by atoms with E-state index in [2.05, 4.69) is 21.2 Å². The summed E-state index contributed by atoms with van der Waals surface area (Å²) >= 11 is 3.22. The van der Waals surface area contributed by atoms with Crippen molar-refractivity contribution in [3.8, 4) is 0 Å². The van der Waals surface area contributed by atoms with Crippen LogP contribution in [0, 0.1) is 0 Å². The molecule has 0 saturated carbocycles. The summed E-state index contributed by atoms with van der Waals surface area (Å²) in [5.41, 5.74) is 0. The van der Waals surface area contributed by atoms with E-state index in [0.29, 0.717) is 17.8 Å². The van der Waals surface area contributed by atoms with E-state index in [9.17, 15) is 4.39 Å². The molecule has 0 bridgehead atoms. The van der Waals surface area contributed by atoms with E-state index < -0.39 is 6.36 Å². The molecule has 5 heteroatoms. The molecule has 0 aliphatic carbocycles. The van der Waals surface area contributed by atoms with Crippen molar-refractivity contribution in [1.29, 1.82) is 0 Å². The summed E-state index contributed by atoms with van der Waals surface area (Å²) in [6.07, 6.45) is 0.514. The van der Waals surface area contributed by atoms with Crippen LogP contribution in [0.25, 0.3) is 0 Å². The van der Waals surface area contributed by atoms with Crippen molar-refractivity contribution in [1.82, 2.24) is 5.32 Å². The average molecular weight is 278 g/mol. The van der Waals surface area contributed by atoms with Gasteiger partial charge in [0.05, 0.1) is 19.2 Å². The first-order chi connectivity index (χ1) is 7.25. The number of hydrogen-bond acceptors (Lipinski definition) is 3. The molecule has 1 N–H and O–H groups in total. The maximum atomic E-state index is 13.2. The van der Waals surface area contributed by atoms with Crippen molar-refractivity contribution < 1.29 is 13.5 Å². The standard InChI is InChI=1S/C10H13BrFNO2/c11-9-4-3-7(15-9)6-13-8-2-1-5-14-10(8)12/h3-4,8,10,13H,1-2,5-6H2. The van der Waals surface area contributed by atoms with Gasteiger partial charge in [-0.25, -0.2) is 4.39 Å². The Balaban J connectivity index is 1.81. The molecule has 1 fully saturated rings. The van der Waals surface area contributed by atoms with E-state index in [1.165, 1.54) is 0 Å². The number of furan rings is 1. The van der Waals surface area contributed by atoms with E-state index >= 15 is 0 Å². The molecule has 2 unspecified atom stereocenters. The lowest BCUT2D eigenvalue weighted by molar-refractivity contribution is -0.0899. The van der Waals surface area contributed by atoms with Gasteiger partial charge in [0, 0.05) is 0 Å². The highest BCUT2D eigenvalue weighted by atomic mass is 79.9. The van der Waals surface area contributed by atoms with Crippen LogP contribution in [-0.4, -0.2) is 19.0 Å². The smallest absolute Gasteiger partial charge is 0.214 e. The molecule has 0 spiro atoms. The molecule has 15 heavy (non-hydrogen) atoms. The number of halogens is 2. The van der Waals surface area contributed by atoms with E-state index in [4.69, 9.17) is 9.15 Å². The first-order valence-corrected chi connectivity index (χ1v) is 5.78. The van der Waals surface area contributed by atoms with Crippen molar-refractivity contribution in [2.75, 3.05) is 6.61 Å². The number of nitrogens with one attached hydrogen (secondary N) is 1. The minimum absolute atomic E-state index is 0.220. The van der Waals surface area contributed by atoms with Crippen LogP contribution in [0.1, 0.15) is 18.6 Å². The van der Waals surface area contributed by atoms with Crippen LogP contribution < -0.4 is 5.32 Å². The average Bonchev–Trinajstić information content (AvgIpc) is 2.63. The third kappa shape index (κ3) is 3.03. The first-order valence-electron chi connectivity index (χ1n) is 4.99. The van der Waals surface area contributed by atoms with Crippen LogP contribution >= 0.6 is 15.9 Å². The van der Waals surface area contributed by atoms with Crippen LogP contribution in [0.4, 0.5) is 4.39 Å². The molecular formula is C10H13BrFNO2. The van der Waals surface area contributed by atoms with Crippen molar-refractivity contribution in [2.24, 2.45) is 0 Å². The molecule has 0 aromatic carbocycles. The summed E-state index contributed by atoms with van der Waals surface area (Å²) in [7, 11) is 0. The zero-order valence-electron chi connectivity index (χ0n) is 8.21. The molecule has 1 aliphatic rings. The normalized spacial score (nSPS) is 26.8. The van der Waals surface area contributed by atoms with E-state index in [1.54, 1.807) is 0 Å². The second-order valence-electron chi connectivity index (χ2n) is 3.56. The monoisotopic (exact) mass is 277 g/mol. The summed E-state index contributed by atoms with van der Waals surface area (Å²) in [5.74, 6) is 0.791. The summed E-state index contributed by atoms with van der Waals surface area (Å²) in [6, 6.07) is 3.46. The maximum Gasteiger partial charge on any atom is 0.214 e. The van der Waals surface area contributed by atoms with Crippen LogP contribution in [0.3, 0.4) is 0 Å². The largest absolute Gasteiger partial charge is 0.453 e. The van der Waals surface area contributed by atoms with Crippen LogP contribution in [-0.2, 0) is 11.3 Å². The number of alkyl halides is 1. The van der Waals surface area contributed by atoms with Gasteiger partial charge in [-0.15, -0.1) is 0 Å². The van der Waals surface area contributed by atoms with E-state index in [0.717, 1.165) is 18.6 Å². The van der Waals surface area contributed by atoms with Gasteiger partial charge in [0.1, 0.15) is 5.76 Å². The van der Waals surface area contributed by atoms with Gasteiger partial charge in [-0.2, -0.15) is 0 Å². The molecule has 0 amide bonds. The van der Waals surface area contributed by atoms with Gasteiger partial charge >= 0.3 is 0 Å². The molecular weight excluding hydrogens is 265 g/mol. The van der Waals surface area contributed by atoms with Crippen molar-refractivity contribution in [3.63, 3.8) is 0 Å². The minimum Gasteiger partial charge on any atom is -0.453 e. The Labute approximate surface area is 96.1 Å².